The van der Waals surface area contributed by atoms with Crippen LogP contribution >= 0.6 is 22.7 Å². The lowest BCUT2D eigenvalue weighted by Crippen LogP contribution is -2.14. The van der Waals surface area contributed by atoms with Gasteiger partial charge in [0.05, 0.1) is 19.4 Å². The predicted molar refractivity (Wildman–Crippen MR) is 146 cm³/mol. The number of nitrogen functional groups attached to an aromatic ring is 1. The highest BCUT2D eigenvalue weighted by atomic mass is 32.1. The monoisotopic (exact) mass is 521 g/mol. The highest BCUT2D eigenvalue weighted by Crippen LogP contribution is 2.39. The van der Waals surface area contributed by atoms with E-state index in [4.69, 9.17) is 20.2 Å². The van der Waals surface area contributed by atoms with E-state index in [9.17, 15) is 9.59 Å². The number of nitrogens with one attached hydrogen (secondary N) is 1. The molecule has 1 amide bonds. The van der Waals surface area contributed by atoms with E-state index in [0.717, 1.165) is 47.2 Å². The second kappa shape index (κ2) is 10.3. The van der Waals surface area contributed by atoms with Gasteiger partial charge in [-0.1, -0.05) is 18.6 Å². The Balaban J connectivity index is 1.49. The molecule has 4 aromatic rings. The highest BCUT2D eigenvalue weighted by Gasteiger charge is 2.25. The summed E-state index contributed by atoms with van der Waals surface area (Å²) < 4.78 is 10.6. The van der Waals surface area contributed by atoms with Crippen molar-refractivity contribution in [3.8, 4) is 16.9 Å². The zero-order chi connectivity index (χ0) is 25.2. The fraction of sp³-hybridized carbons (Fsp3) is 0.296. The lowest BCUT2D eigenvalue weighted by atomic mass is 10.0. The standard InChI is InChI=1S/C27H27N3O4S2/c1-3-34-27(32)21-19(15-9-11-17(33-2)12-10-15)14-35-26(21)30-24(31)23-22(28)18-13-16-7-5-4-6-8-20(16)29-25(18)36-23/h9-14H,3-8,28H2,1-2H3,(H,30,31). The average molecular weight is 522 g/mol. The Morgan fingerprint density at radius 2 is 1.92 bits per heavy atom. The first kappa shape index (κ1) is 24.3. The SMILES string of the molecule is CCOC(=O)c1c(-c2ccc(OC)cc2)csc1NC(=O)c1sc2nc3c(cc2c1N)CCCCC3. The summed E-state index contributed by atoms with van der Waals surface area (Å²) in [6.07, 6.45) is 5.42. The minimum absolute atomic E-state index is 0.226. The van der Waals surface area contributed by atoms with E-state index in [1.807, 2.05) is 29.6 Å². The molecule has 3 N–H and O–H groups in total. The molecule has 0 aliphatic heterocycles. The van der Waals surface area contributed by atoms with Gasteiger partial charge in [0.2, 0.25) is 0 Å². The van der Waals surface area contributed by atoms with Crippen LogP contribution in [0.4, 0.5) is 10.7 Å². The van der Waals surface area contributed by atoms with Crippen molar-refractivity contribution >= 4 is 55.5 Å². The Bertz CT molecular complexity index is 1440. The quantitative estimate of drug-likeness (QED) is 0.228. The van der Waals surface area contributed by atoms with E-state index < -0.39 is 5.97 Å². The van der Waals surface area contributed by atoms with Crippen molar-refractivity contribution in [2.45, 2.75) is 39.0 Å². The molecule has 0 fully saturated rings. The summed E-state index contributed by atoms with van der Waals surface area (Å²) in [5, 5.41) is 6.00. The number of aromatic nitrogens is 1. The van der Waals surface area contributed by atoms with Crippen molar-refractivity contribution in [1.82, 2.24) is 4.98 Å². The molecule has 0 spiro atoms. The van der Waals surface area contributed by atoms with E-state index in [1.165, 1.54) is 34.7 Å². The van der Waals surface area contributed by atoms with Crippen molar-refractivity contribution < 1.29 is 19.1 Å². The average Bonchev–Trinajstić information content (AvgIpc) is 3.35. The van der Waals surface area contributed by atoms with Crippen LogP contribution in [0.3, 0.4) is 0 Å². The summed E-state index contributed by atoms with van der Waals surface area (Å²) in [6.45, 7) is 1.98. The van der Waals surface area contributed by atoms with Gasteiger partial charge < -0.3 is 20.5 Å². The summed E-state index contributed by atoms with van der Waals surface area (Å²) in [5.74, 6) is -0.139. The number of anilines is 2. The second-order valence-corrected chi connectivity index (χ2v) is 10.5. The number of fused-ring (bicyclic) bond motifs is 2. The van der Waals surface area contributed by atoms with Gasteiger partial charge in [0, 0.05) is 22.0 Å². The summed E-state index contributed by atoms with van der Waals surface area (Å²) in [5.41, 5.74) is 11.0. The summed E-state index contributed by atoms with van der Waals surface area (Å²) in [7, 11) is 1.60. The molecule has 0 saturated heterocycles. The molecule has 36 heavy (non-hydrogen) atoms. The molecular weight excluding hydrogens is 494 g/mol. The van der Waals surface area contributed by atoms with E-state index >= 15 is 0 Å². The van der Waals surface area contributed by atoms with Gasteiger partial charge in [0.25, 0.3) is 5.91 Å². The first-order valence-corrected chi connectivity index (χ1v) is 13.6. The van der Waals surface area contributed by atoms with Crippen LogP contribution in [0.1, 0.15) is 57.5 Å². The third kappa shape index (κ3) is 4.56. The number of hydrogen-bond donors (Lipinski definition) is 2. The van der Waals surface area contributed by atoms with E-state index in [0.29, 0.717) is 32.4 Å². The number of methoxy groups -OCH3 is 1. The van der Waals surface area contributed by atoms with Gasteiger partial charge in [-0.15, -0.1) is 22.7 Å². The number of ether oxygens (including phenoxy) is 2. The molecule has 0 bridgehead atoms. The number of aryl methyl sites for hydroxylation is 2. The molecule has 0 radical (unpaired) electrons. The number of carbonyl (C=O) groups excluding carboxylic acids is 2. The Morgan fingerprint density at radius 1 is 1.14 bits per heavy atom. The third-order valence-corrected chi connectivity index (χ3v) is 8.36. The van der Waals surface area contributed by atoms with Crippen molar-refractivity contribution in [1.29, 1.82) is 0 Å². The van der Waals surface area contributed by atoms with Crippen LogP contribution in [-0.2, 0) is 17.6 Å². The molecule has 0 atom stereocenters. The van der Waals surface area contributed by atoms with Crippen molar-refractivity contribution in [2.75, 3.05) is 24.8 Å². The third-order valence-electron chi connectivity index (χ3n) is 6.35. The van der Waals surface area contributed by atoms with Gasteiger partial charge in [-0.25, -0.2) is 9.78 Å². The van der Waals surface area contributed by atoms with Crippen LogP contribution in [0, 0.1) is 0 Å². The molecule has 1 aliphatic carbocycles. The van der Waals surface area contributed by atoms with Crippen LogP contribution in [-0.4, -0.2) is 30.6 Å². The lowest BCUT2D eigenvalue weighted by molar-refractivity contribution is 0.0529. The van der Waals surface area contributed by atoms with E-state index in [-0.39, 0.29) is 12.5 Å². The molecule has 9 heteroatoms. The summed E-state index contributed by atoms with van der Waals surface area (Å²) >= 11 is 2.57. The van der Waals surface area contributed by atoms with E-state index in [1.54, 1.807) is 14.0 Å². The number of nitrogens with zero attached hydrogens (tertiary/aromatic N) is 1. The Hall–Kier alpha value is -3.43. The number of thiophene rings is 2. The molecular formula is C27H27N3O4S2. The van der Waals surface area contributed by atoms with Crippen LogP contribution in [0.25, 0.3) is 21.3 Å². The first-order chi connectivity index (χ1) is 17.5. The molecule has 0 unspecified atom stereocenters. The first-order valence-electron chi connectivity index (χ1n) is 11.9. The van der Waals surface area contributed by atoms with Gasteiger partial charge in [-0.05, 0) is 61.9 Å². The minimum atomic E-state index is -0.491. The predicted octanol–water partition coefficient (Wildman–Crippen LogP) is 6.31. The normalized spacial score (nSPS) is 13.2. The molecule has 7 nitrogen and oxygen atoms in total. The fourth-order valence-corrected chi connectivity index (χ4v) is 6.45. The minimum Gasteiger partial charge on any atom is -0.497 e. The maximum Gasteiger partial charge on any atom is 0.341 e. The Morgan fingerprint density at radius 3 is 2.67 bits per heavy atom. The molecule has 1 aromatic carbocycles. The number of esters is 1. The number of hydrogen-bond acceptors (Lipinski definition) is 8. The zero-order valence-corrected chi connectivity index (χ0v) is 21.8. The Labute approximate surface area is 217 Å². The molecule has 0 saturated carbocycles. The number of benzene rings is 1. The smallest absolute Gasteiger partial charge is 0.341 e. The molecule has 5 rings (SSSR count). The van der Waals surface area contributed by atoms with Crippen LogP contribution in [0.15, 0.2) is 35.7 Å². The summed E-state index contributed by atoms with van der Waals surface area (Å²) in [4.78, 5) is 32.3. The maximum absolute atomic E-state index is 13.4. The number of nitrogens with two attached hydrogens (primary N) is 1. The Kier molecular flexibility index (Phi) is 6.93. The largest absolute Gasteiger partial charge is 0.497 e. The van der Waals surface area contributed by atoms with E-state index in [2.05, 4.69) is 11.4 Å². The molecule has 3 aromatic heterocycles. The number of rotatable bonds is 6. The summed E-state index contributed by atoms with van der Waals surface area (Å²) in [6, 6.07) is 9.49. The van der Waals surface area contributed by atoms with Gasteiger partial charge in [0.15, 0.2) is 0 Å². The second-order valence-electron chi connectivity index (χ2n) is 8.61. The zero-order valence-electron chi connectivity index (χ0n) is 20.2. The van der Waals surface area contributed by atoms with Gasteiger partial charge in [0.1, 0.15) is 26.0 Å². The van der Waals surface area contributed by atoms with Gasteiger partial charge in [-0.2, -0.15) is 0 Å². The number of pyridine rings is 1. The lowest BCUT2D eigenvalue weighted by Gasteiger charge is -2.09. The van der Waals surface area contributed by atoms with Crippen LogP contribution in [0.5, 0.6) is 5.75 Å². The van der Waals surface area contributed by atoms with Crippen molar-refractivity contribution in [3.05, 3.63) is 57.4 Å². The number of carbonyl (C=O) groups is 2. The van der Waals surface area contributed by atoms with Crippen molar-refractivity contribution in [2.24, 2.45) is 0 Å². The molecule has 3 heterocycles. The van der Waals surface area contributed by atoms with Crippen LogP contribution < -0.4 is 15.8 Å². The topological polar surface area (TPSA) is 104 Å². The van der Waals surface area contributed by atoms with Gasteiger partial charge >= 0.3 is 5.97 Å². The van der Waals surface area contributed by atoms with Crippen molar-refractivity contribution in [3.63, 3.8) is 0 Å². The maximum atomic E-state index is 13.4. The molecule has 1 aliphatic rings. The van der Waals surface area contributed by atoms with Crippen LogP contribution in [0.2, 0.25) is 0 Å². The highest BCUT2D eigenvalue weighted by molar-refractivity contribution is 7.21. The molecule has 186 valence electrons. The van der Waals surface area contributed by atoms with Gasteiger partial charge in [-0.3, -0.25) is 4.79 Å². The number of amides is 1. The fourth-order valence-electron chi connectivity index (χ4n) is 4.50.